The molecule has 1 aromatic rings. The summed E-state index contributed by atoms with van der Waals surface area (Å²) in [6.07, 6.45) is -3.56. The first-order valence-electron chi connectivity index (χ1n) is 25.0. The smallest absolute Gasteiger partial charge is 0.329 e. The molecule has 0 aromatic heterocycles. The van der Waals surface area contributed by atoms with E-state index >= 15 is 0 Å². The van der Waals surface area contributed by atoms with Crippen molar-refractivity contribution in [3.63, 3.8) is 0 Å². The molecule has 70 heavy (non-hydrogen) atoms. The molecule has 2 saturated heterocycles. The SMILES string of the molecule is CC[C@H](C)[C@H]1NC(=O)[C@@H](NC(=O)[C@@H](CC(C)C)N(C)C(=O)[C@@H]([NH3+])C(C)C)[C@@H](C)OC(=O)[C@H](Cc2ccc(OC)cc2)N(C)C(=O)[C@@H]2CCCN2C(=O)[C@H](CC(C)C)NC(=O)[C@H](C(C)C)OC(=O)C[C@@H]1O. The van der Waals surface area contributed by atoms with Crippen LogP contribution >= 0.6 is 0 Å². The molecule has 2 aliphatic heterocycles. The lowest BCUT2D eigenvalue weighted by molar-refractivity contribution is -0.416. The number of nitrogens with zero attached hydrogens (tertiary/aromatic N) is 3. The lowest BCUT2D eigenvalue weighted by Gasteiger charge is -2.36. The molecule has 2 heterocycles. The van der Waals surface area contributed by atoms with E-state index in [1.165, 1.54) is 42.8 Å². The number of rotatable bonds is 15. The van der Waals surface area contributed by atoms with Crippen molar-refractivity contribution >= 4 is 47.4 Å². The van der Waals surface area contributed by atoms with Crippen molar-refractivity contribution in [2.75, 3.05) is 27.7 Å². The van der Waals surface area contributed by atoms with Gasteiger partial charge in [0.25, 0.3) is 11.8 Å². The van der Waals surface area contributed by atoms with E-state index in [-0.39, 0.29) is 55.9 Å². The van der Waals surface area contributed by atoms with Gasteiger partial charge in [-0.05, 0) is 74.0 Å². The predicted molar refractivity (Wildman–Crippen MR) is 261 cm³/mol. The number of carbonyl (C=O) groups is 8. The number of aliphatic hydroxyl groups is 1. The van der Waals surface area contributed by atoms with Crippen LogP contribution in [0.3, 0.4) is 0 Å². The zero-order chi connectivity index (χ0) is 52.9. The number of fused-ring (bicyclic) bond motifs is 1. The minimum Gasteiger partial charge on any atom is -0.497 e. The molecule has 0 spiro atoms. The number of hydrogen-bond acceptors (Lipinski definition) is 12. The molecule has 3 rings (SSSR count). The molecule has 6 amide bonds. The third kappa shape index (κ3) is 15.9. The highest BCUT2D eigenvalue weighted by molar-refractivity contribution is 5.96. The first kappa shape index (κ1) is 59.0. The van der Waals surface area contributed by atoms with Crippen molar-refractivity contribution in [2.45, 2.75) is 182 Å². The molecule has 0 unspecified atom stereocenters. The minimum atomic E-state index is -1.65. The molecule has 11 atom stereocenters. The highest BCUT2D eigenvalue weighted by atomic mass is 16.6. The van der Waals surface area contributed by atoms with Crippen LogP contribution in [0, 0.1) is 29.6 Å². The number of cyclic esters (lactones) is 2. The molecular weight excluding hydrogens is 903 g/mol. The summed E-state index contributed by atoms with van der Waals surface area (Å²) in [5.41, 5.74) is 4.64. The van der Waals surface area contributed by atoms with Crippen LogP contribution in [-0.2, 0) is 54.3 Å². The van der Waals surface area contributed by atoms with Gasteiger partial charge in [0.15, 0.2) is 12.1 Å². The van der Waals surface area contributed by atoms with Gasteiger partial charge in [-0.2, -0.15) is 0 Å². The fourth-order valence-corrected chi connectivity index (χ4v) is 8.85. The number of hydrogen-bond donors (Lipinski definition) is 5. The second-order valence-electron chi connectivity index (χ2n) is 20.8. The average molecular weight is 987 g/mol. The summed E-state index contributed by atoms with van der Waals surface area (Å²) in [7, 11) is 4.45. The molecule has 0 bridgehead atoms. The summed E-state index contributed by atoms with van der Waals surface area (Å²) in [4.78, 5) is 119. The van der Waals surface area contributed by atoms with Crippen LogP contribution in [-0.4, -0.2) is 156 Å². The molecule has 0 radical (unpaired) electrons. The minimum absolute atomic E-state index is 0.0634. The van der Waals surface area contributed by atoms with Crippen molar-refractivity contribution < 1.29 is 63.4 Å². The molecule has 0 aliphatic carbocycles. The van der Waals surface area contributed by atoms with Gasteiger partial charge in [0.2, 0.25) is 23.6 Å². The average Bonchev–Trinajstić information content (AvgIpc) is 3.80. The third-order valence-corrected chi connectivity index (χ3v) is 13.6. The van der Waals surface area contributed by atoms with Gasteiger partial charge in [-0.15, -0.1) is 0 Å². The van der Waals surface area contributed by atoms with Gasteiger partial charge >= 0.3 is 11.9 Å². The zero-order valence-electron chi connectivity index (χ0n) is 44.1. The van der Waals surface area contributed by atoms with E-state index in [0.717, 1.165) is 0 Å². The molecule has 2 fully saturated rings. The van der Waals surface area contributed by atoms with Crippen molar-refractivity contribution in [3.05, 3.63) is 29.8 Å². The van der Waals surface area contributed by atoms with E-state index in [4.69, 9.17) is 14.2 Å². The Hall–Kier alpha value is -5.30. The quantitative estimate of drug-likeness (QED) is 0.158. The number of esters is 2. The van der Waals surface area contributed by atoms with Crippen molar-refractivity contribution in [3.8, 4) is 5.75 Å². The molecule has 2 aliphatic rings. The van der Waals surface area contributed by atoms with Gasteiger partial charge < -0.3 is 55.7 Å². The standard InChI is InChI=1S/C51H83N7O12/c1-15-31(10)42-39(59)26-40(60)70-44(30(8)9)47(63)53-35(23-27(2)3)48(64)58-22-16-17-36(58)49(65)57(13)38(25-33-18-20-34(68-14)21-19-33)51(67)69-32(11)43(46(62)54-42)55-45(61)37(24-28(4)5)56(12)50(66)41(52)29(6)7/h18-21,27-32,35-39,41-44,59H,15-17,22-26,52H2,1-14H3,(H,53,63)(H,54,62)(H,55,61)/p+1/t31-,32+,35-,36-,37+,38-,39-,41-,42+,43-,44-/m0/s1. The van der Waals surface area contributed by atoms with E-state index in [1.807, 2.05) is 48.5 Å². The number of aliphatic hydroxyl groups excluding tert-OH is 1. The number of methoxy groups -OCH3 is 1. The Balaban J connectivity index is 2.27. The van der Waals surface area contributed by atoms with E-state index in [0.29, 0.717) is 24.2 Å². The van der Waals surface area contributed by atoms with Crippen LogP contribution in [0.25, 0.3) is 0 Å². The lowest BCUT2D eigenvalue weighted by Crippen LogP contribution is -2.71. The fraction of sp³-hybridized carbons (Fsp3) is 0.725. The Kier molecular flexibility index (Phi) is 22.6. The van der Waals surface area contributed by atoms with Gasteiger partial charge in [0.05, 0.1) is 25.7 Å². The maximum atomic E-state index is 14.8. The van der Waals surface area contributed by atoms with Crippen LogP contribution in [0.4, 0.5) is 0 Å². The molecule has 19 nitrogen and oxygen atoms in total. The second kappa shape index (κ2) is 26.8. The Morgan fingerprint density at radius 3 is 2.10 bits per heavy atom. The summed E-state index contributed by atoms with van der Waals surface area (Å²) < 4.78 is 17.2. The van der Waals surface area contributed by atoms with Crippen LogP contribution in [0.15, 0.2) is 24.3 Å². The highest BCUT2D eigenvalue weighted by Gasteiger charge is 2.45. The topological polar surface area (TPSA) is 258 Å². The number of nitrogens with one attached hydrogen (secondary N) is 3. The Morgan fingerprint density at radius 2 is 1.56 bits per heavy atom. The van der Waals surface area contributed by atoms with E-state index in [9.17, 15) is 43.5 Å². The Labute approximate surface area is 415 Å². The number of ether oxygens (including phenoxy) is 3. The molecule has 1 aromatic carbocycles. The van der Waals surface area contributed by atoms with E-state index < -0.39 is 120 Å². The maximum Gasteiger partial charge on any atom is 0.329 e. The van der Waals surface area contributed by atoms with E-state index in [2.05, 4.69) is 21.7 Å². The van der Waals surface area contributed by atoms with E-state index in [1.54, 1.807) is 45.0 Å². The summed E-state index contributed by atoms with van der Waals surface area (Å²) in [6.45, 7) is 19.7. The molecular formula is C51H84N7O12+. The predicted octanol–water partition coefficient (Wildman–Crippen LogP) is 2.01. The van der Waals surface area contributed by atoms with Gasteiger partial charge in [0, 0.05) is 33.0 Å². The summed E-state index contributed by atoms with van der Waals surface area (Å²) in [6, 6.07) is -1.13. The Bertz CT molecular complexity index is 1960. The van der Waals surface area contributed by atoms with Crippen LogP contribution in [0.2, 0.25) is 0 Å². The van der Waals surface area contributed by atoms with Gasteiger partial charge in [-0.1, -0.05) is 87.8 Å². The first-order valence-corrected chi connectivity index (χ1v) is 25.0. The highest BCUT2D eigenvalue weighted by Crippen LogP contribution is 2.26. The lowest BCUT2D eigenvalue weighted by atomic mass is 9.92. The van der Waals surface area contributed by atoms with Crippen molar-refractivity contribution in [1.82, 2.24) is 30.7 Å². The monoisotopic (exact) mass is 987 g/mol. The molecule has 19 heteroatoms. The third-order valence-electron chi connectivity index (χ3n) is 13.6. The second-order valence-corrected chi connectivity index (χ2v) is 20.8. The number of amides is 6. The molecule has 0 saturated carbocycles. The Morgan fingerprint density at radius 1 is 0.929 bits per heavy atom. The first-order chi connectivity index (χ1) is 32.7. The summed E-state index contributed by atoms with van der Waals surface area (Å²) >= 11 is 0. The number of likely N-dealkylation sites (N-methyl/N-ethyl adjacent to an activating group) is 2. The fourth-order valence-electron chi connectivity index (χ4n) is 8.85. The number of benzene rings is 1. The van der Waals surface area contributed by atoms with Crippen molar-refractivity contribution in [2.24, 2.45) is 29.6 Å². The summed E-state index contributed by atoms with van der Waals surface area (Å²) in [5.74, 6) is -6.48. The van der Waals surface area contributed by atoms with Gasteiger partial charge in [-0.25, -0.2) is 4.79 Å². The van der Waals surface area contributed by atoms with Crippen LogP contribution in [0.1, 0.15) is 120 Å². The van der Waals surface area contributed by atoms with Gasteiger partial charge in [-0.3, -0.25) is 33.6 Å². The largest absolute Gasteiger partial charge is 0.497 e. The van der Waals surface area contributed by atoms with Crippen LogP contribution in [0.5, 0.6) is 5.75 Å². The van der Waals surface area contributed by atoms with Crippen LogP contribution < -0.4 is 26.4 Å². The maximum absolute atomic E-state index is 14.8. The molecule has 7 N–H and O–H groups in total. The number of carbonyl (C=O) groups excluding carboxylic acids is 8. The van der Waals surface area contributed by atoms with Crippen molar-refractivity contribution in [1.29, 1.82) is 0 Å². The summed E-state index contributed by atoms with van der Waals surface area (Å²) in [5, 5.41) is 20.1. The zero-order valence-corrected chi connectivity index (χ0v) is 44.1. The molecule has 394 valence electrons. The van der Waals surface area contributed by atoms with Gasteiger partial charge in [0.1, 0.15) is 42.1 Å². The number of quaternary nitrogens is 1. The normalized spacial score (nSPS) is 26.2.